The normalized spacial score (nSPS) is 33.3. The summed E-state index contributed by atoms with van der Waals surface area (Å²) in [5.74, 6) is 0.208. The molecule has 4 heteroatoms. The number of nitrogens with zero attached hydrogens (tertiary/aromatic N) is 1. The molecular weight excluding hydrogens is 288 g/mol. The minimum Gasteiger partial charge on any atom is -0.367 e. The van der Waals surface area contributed by atoms with Crippen molar-refractivity contribution in [3.63, 3.8) is 0 Å². The van der Waals surface area contributed by atoms with Crippen molar-refractivity contribution >= 4 is 16.7 Å². The SMILES string of the molecule is CC12C=CC(=O)CC1N1CCc3c([nH]c4ccccc34)C1CO2. The minimum absolute atomic E-state index is 0.137. The summed E-state index contributed by atoms with van der Waals surface area (Å²) in [4.78, 5) is 18.0. The van der Waals surface area contributed by atoms with Gasteiger partial charge in [-0.25, -0.2) is 0 Å². The van der Waals surface area contributed by atoms with E-state index in [0.717, 1.165) is 13.0 Å². The Labute approximate surface area is 135 Å². The number of morpholine rings is 1. The standard InChI is InChI=1S/C19H20N2O2/c1-19-8-6-12(22)10-17(19)21-9-7-14-13-4-2-3-5-15(13)20-18(14)16(21)11-23-19/h2-6,8,16-17,20H,7,9-11H2,1H3. The Hall–Kier alpha value is -1.91. The number of H-pyrrole nitrogens is 1. The summed E-state index contributed by atoms with van der Waals surface area (Å²) in [6, 6.07) is 8.87. The van der Waals surface area contributed by atoms with E-state index in [0.29, 0.717) is 13.0 Å². The van der Waals surface area contributed by atoms with Crippen LogP contribution in [0.2, 0.25) is 0 Å². The first kappa shape index (κ1) is 13.5. The highest BCUT2D eigenvalue weighted by Crippen LogP contribution is 2.44. The molecule has 0 radical (unpaired) electrons. The van der Waals surface area contributed by atoms with E-state index in [9.17, 15) is 4.79 Å². The average Bonchev–Trinajstić information content (AvgIpc) is 2.94. The first-order chi connectivity index (χ1) is 11.2. The van der Waals surface area contributed by atoms with Gasteiger partial charge < -0.3 is 9.72 Å². The van der Waals surface area contributed by atoms with Gasteiger partial charge in [0, 0.05) is 35.6 Å². The van der Waals surface area contributed by atoms with Crippen LogP contribution in [-0.4, -0.2) is 40.5 Å². The highest BCUT2D eigenvalue weighted by Gasteiger charge is 2.49. The average molecular weight is 308 g/mol. The van der Waals surface area contributed by atoms with Gasteiger partial charge >= 0.3 is 0 Å². The number of nitrogens with one attached hydrogen (secondary N) is 1. The number of allylic oxidation sites excluding steroid dienone is 1. The molecule has 1 aliphatic carbocycles. The highest BCUT2D eigenvalue weighted by molar-refractivity contribution is 5.91. The zero-order chi connectivity index (χ0) is 15.6. The molecule has 3 heterocycles. The van der Waals surface area contributed by atoms with Crippen LogP contribution in [0.5, 0.6) is 0 Å². The molecule has 1 fully saturated rings. The first-order valence-electron chi connectivity index (χ1n) is 8.37. The number of carbonyl (C=O) groups excluding carboxylic acids is 1. The summed E-state index contributed by atoms with van der Waals surface area (Å²) in [5, 5.41) is 1.33. The molecule has 3 unspecified atom stereocenters. The minimum atomic E-state index is -0.339. The van der Waals surface area contributed by atoms with Crippen LogP contribution in [0.15, 0.2) is 36.4 Å². The van der Waals surface area contributed by atoms with Crippen molar-refractivity contribution in [2.45, 2.75) is 37.5 Å². The molecule has 0 spiro atoms. The number of aromatic amines is 1. The molecule has 3 atom stereocenters. The molecule has 0 amide bonds. The molecule has 4 nitrogen and oxygen atoms in total. The lowest BCUT2D eigenvalue weighted by molar-refractivity contribution is -0.154. The second-order valence-electron chi connectivity index (χ2n) is 7.08. The molecular formula is C19H20N2O2. The van der Waals surface area contributed by atoms with E-state index in [4.69, 9.17) is 4.74 Å². The first-order valence-corrected chi connectivity index (χ1v) is 8.37. The maximum atomic E-state index is 11.9. The molecule has 0 bridgehead atoms. The van der Waals surface area contributed by atoms with Crippen molar-refractivity contribution in [3.05, 3.63) is 47.7 Å². The van der Waals surface area contributed by atoms with Crippen LogP contribution in [0.25, 0.3) is 10.9 Å². The van der Waals surface area contributed by atoms with Crippen molar-refractivity contribution in [1.29, 1.82) is 0 Å². The van der Waals surface area contributed by atoms with Crippen LogP contribution in [0, 0.1) is 0 Å². The van der Waals surface area contributed by atoms with Gasteiger partial charge in [-0.2, -0.15) is 0 Å². The van der Waals surface area contributed by atoms with Crippen LogP contribution in [0.4, 0.5) is 0 Å². The zero-order valence-corrected chi connectivity index (χ0v) is 13.2. The molecule has 2 aliphatic heterocycles. The lowest BCUT2D eigenvalue weighted by Gasteiger charge is -2.53. The van der Waals surface area contributed by atoms with E-state index in [1.165, 1.54) is 22.2 Å². The lowest BCUT2D eigenvalue weighted by Crippen LogP contribution is -2.61. The van der Waals surface area contributed by atoms with E-state index in [1.807, 2.05) is 6.08 Å². The molecule has 118 valence electrons. The van der Waals surface area contributed by atoms with E-state index in [1.54, 1.807) is 6.08 Å². The largest absolute Gasteiger partial charge is 0.367 e. The molecule has 23 heavy (non-hydrogen) atoms. The topological polar surface area (TPSA) is 45.3 Å². The van der Waals surface area contributed by atoms with Crippen molar-refractivity contribution in [1.82, 2.24) is 9.88 Å². The second kappa shape index (κ2) is 4.56. The van der Waals surface area contributed by atoms with Crippen molar-refractivity contribution in [2.24, 2.45) is 0 Å². The summed E-state index contributed by atoms with van der Waals surface area (Å²) in [5.41, 5.74) is 3.56. The van der Waals surface area contributed by atoms with Gasteiger partial charge in [0.05, 0.1) is 18.2 Å². The monoisotopic (exact) mass is 308 g/mol. The fourth-order valence-electron chi connectivity index (χ4n) is 4.57. The third-order valence-corrected chi connectivity index (χ3v) is 5.81. The van der Waals surface area contributed by atoms with Gasteiger partial charge in [-0.05, 0) is 37.1 Å². The number of aromatic nitrogens is 1. The summed E-state index contributed by atoms with van der Waals surface area (Å²) in [6.45, 7) is 3.77. The number of rotatable bonds is 0. The number of para-hydroxylation sites is 1. The Morgan fingerprint density at radius 2 is 2.22 bits per heavy atom. The Kier molecular flexibility index (Phi) is 2.68. The zero-order valence-electron chi connectivity index (χ0n) is 13.2. The van der Waals surface area contributed by atoms with Gasteiger partial charge in [0.25, 0.3) is 0 Å². The van der Waals surface area contributed by atoms with E-state index < -0.39 is 0 Å². The predicted molar refractivity (Wildman–Crippen MR) is 88.4 cm³/mol. The van der Waals surface area contributed by atoms with Crippen LogP contribution < -0.4 is 0 Å². The number of hydrogen-bond acceptors (Lipinski definition) is 3. The van der Waals surface area contributed by atoms with Gasteiger partial charge in [-0.15, -0.1) is 0 Å². The lowest BCUT2D eigenvalue weighted by atomic mass is 9.81. The van der Waals surface area contributed by atoms with Gasteiger partial charge in [-0.1, -0.05) is 18.2 Å². The smallest absolute Gasteiger partial charge is 0.157 e. The number of ketones is 1. The van der Waals surface area contributed by atoms with Crippen LogP contribution in [-0.2, 0) is 16.0 Å². The number of ether oxygens (including phenoxy) is 1. The molecule has 5 rings (SSSR count). The molecule has 3 aliphatic rings. The van der Waals surface area contributed by atoms with Crippen molar-refractivity contribution < 1.29 is 9.53 Å². The van der Waals surface area contributed by atoms with Crippen molar-refractivity contribution in [2.75, 3.05) is 13.2 Å². The van der Waals surface area contributed by atoms with Crippen LogP contribution in [0.3, 0.4) is 0 Å². The summed E-state index contributed by atoms with van der Waals surface area (Å²) < 4.78 is 6.24. The highest BCUT2D eigenvalue weighted by atomic mass is 16.5. The Balaban J connectivity index is 1.60. The molecule has 1 aromatic carbocycles. The number of benzene rings is 1. The van der Waals surface area contributed by atoms with E-state index in [-0.39, 0.29) is 23.5 Å². The quantitative estimate of drug-likeness (QED) is 0.814. The van der Waals surface area contributed by atoms with Gasteiger partial charge in [0.15, 0.2) is 5.78 Å². The maximum absolute atomic E-state index is 11.9. The molecule has 2 aromatic rings. The molecule has 1 saturated heterocycles. The van der Waals surface area contributed by atoms with Gasteiger partial charge in [-0.3, -0.25) is 9.69 Å². The Morgan fingerprint density at radius 1 is 1.35 bits per heavy atom. The van der Waals surface area contributed by atoms with Gasteiger partial charge in [0.1, 0.15) is 0 Å². The second-order valence-corrected chi connectivity index (χ2v) is 7.08. The summed E-state index contributed by atoms with van der Waals surface area (Å²) in [6.07, 6.45) is 5.23. The molecule has 1 aromatic heterocycles. The van der Waals surface area contributed by atoms with Crippen molar-refractivity contribution in [3.8, 4) is 0 Å². The fraction of sp³-hybridized carbons (Fsp3) is 0.421. The third kappa shape index (κ3) is 1.82. The molecule has 0 saturated carbocycles. The maximum Gasteiger partial charge on any atom is 0.157 e. The summed E-state index contributed by atoms with van der Waals surface area (Å²) in [7, 11) is 0. The summed E-state index contributed by atoms with van der Waals surface area (Å²) >= 11 is 0. The fourth-order valence-corrected chi connectivity index (χ4v) is 4.57. The number of carbonyl (C=O) groups is 1. The predicted octanol–water partition coefficient (Wildman–Crippen LogP) is 2.75. The van der Waals surface area contributed by atoms with E-state index >= 15 is 0 Å². The Morgan fingerprint density at radius 3 is 3.13 bits per heavy atom. The third-order valence-electron chi connectivity index (χ3n) is 5.81. The molecule has 1 N–H and O–H groups in total. The number of hydrogen-bond donors (Lipinski definition) is 1. The number of fused-ring (bicyclic) bond motifs is 7. The van der Waals surface area contributed by atoms with Gasteiger partial charge in [0.2, 0.25) is 0 Å². The Bertz CT molecular complexity index is 837. The van der Waals surface area contributed by atoms with Crippen LogP contribution in [0.1, 0.15) is 30.6 Å². The van der Waals surface area contributed by atoms with E-state index in [2.05, 4.69) is 41.1 Å². The van der Waals surface area contributed by atoms with Crippen LogP contribution >= 0.6 is 0 Å².